The minimum atomic E-state index is -0.937. The van der Waals surface area contributed by atoms with Gasteiger partial charge in [0, 0.05) is 36.4 Å². The maximum absolute atomic E-state index is 13.4. The highest BCUT2D eigenvalue weighted by molar-refractivity contribution is 5.95. The van der Waals surface area contributed by atoms with Crippen LogP contribution in [0.3, 0.4) is 0 Å². The van der Waals surface area contributed by atoms with E-state index in [0.29, 0.717) is 24.4 Å². The lowest BCUT2D eigenvalue weighted by atomic mass is 10.1. The topological polar surface area (TPSA) is 74.8 Å². The van der Waals surface area contributed by atoms with E-state index in [9.17, 15) is 9.18 Å². The SMILES string of the molecule is Cc1nc(-c2cc(-c3cncc(C(=O)N4CC[C@@H](F)C4)c3)ccn2)[nH]c1C. The van der Waals surface area contributed by atoms with Crippen LogP contribution in [0.2, 0.25) is 0 Å². The summed E-state index contributed by atoms with van der Waals surface area (Å²) in [5, 5.41) is 0. The fraction of sp³-hybridized carbons (Fsp3) is 0.300. The van der Waals surface area contributed by atoms with Gasteiger partial charge in [-0.1, -0.05) is 0 Å². The second-order valence-corrected chi connectivity index (χ2v) is 6.82. The number of nitrogens with zero attached hydrogens (tertiary/aromatic N) is 4. The summed E-state index contributed by atoms with van der Waals surface area (Å²) in [6.07, 6.45) is 4.40. The number of alkyl halides is 1. The second-order valence-electron chi connectivity index (χ2n) is 6.82. The van der Waals surface area contributed by atoms with Gasteiger partial charge in [-0.2, -0.15) is 0 Å². The molecule has 7 heteroatoms. The van der Waals surface area contributed by atoms with Gasteiger partial charge in [0.25, 0.3) is 5.91 Å². The fourth-order valence-electron chi connectivity index (χ4n) is 3.21. The molecule has 0 aromatic carbocycles. The number of amides is 1. The molecule has 1 saturated heterocycles. The van der Waals surface area contributed by atoms with Crippen molar-refractivity contribution >= 4 is 5.91 Å². The molecule has 27 heavy (non-hydrogen) atoms. The minimum absolute atomic E-state index is 0.152. The molecule has 1 N–H and O–H groups in total. The van der Waals surface area contributed by atoms with E-state index < -0.39 is 6.17 Å². The van der Waals surface area contributed by atoms with Gasteiger partial charge in [0.2, 0.25) is 0 Å². The first-order valence-corrected chi connectivity index (χ1v) is 8.89. The largest absolute Gasteiger partial charge is 0.341 e. The molecule has 4 rings (SSSR count). The first-order chi connectivity index (χ1) is 13.0. The number of aromatic nitrogens is 4. The molecule has 3 aromatic rings. The number of carbonyl (C=O) groups excluding carboxylic acids is 1. The summed E-state index contributed by atoms with van der Waals surface area (Å²) >= 11 is 0. The number of aryl methyl sites for hydroxylation is 2. The summed E-state index contributed by atoms with van der Waals surface area (Å²) in [7, 11) is 0. The third-order valence-electron chi connectivity index (χ3n) is 4.87. The van der Waals surface area contributed by atoms with Crippen molar-refractivity contribution in [1.82, 2.24) is 24.8 Å². The molecule has 0 spiro atoms. The fourth-order valence-corrected chi connectivity index (χ4v) is 3.21. The zero-order valence-electron chi connectivity index (χ0n) is 15.2. The van der Waals surface area contributed by atoms with Gasteiger partial charge in [-0.3, -0.25) is 14.8 Å². The lowest BCUT2D eigenvalue weighted by molar-refractivity contribution is 0.0782. The summed E-state index contributed by atoms with van der Waals surface area (Å²) in [5.41, 5.74) is 4.82. The maximum Gasteiger partial charge on any atom is 0.255 e. The zero-order chi connectivity index (χ0) is 19.0. The number of H-pyrrole nitrogens is 1. The number of carbonyl (C=O) groups is 1. The van der Waals surface area contributed by atoms with Crippen molar-refractivity contribution in [3.63, 3.8) is 0 Å². The first kappa shape index (κ1) is 17.3. The molecule has 138 valence electrons. The van der Waals surface area contributed by atoms with Gasteiger partial charge in [-0.05, 0) is 44.0 Å². The molecule has 0 saturated carbocycles. The van der Waals surface area contributed by atoms with Crippen LogP contribution in [-0.4, -0.2) is 50.0 Å². The lowest BCUT2D eigenvalue weighted by Crippen LogP contribution is -2.29. The Bertz CT molecular complexity index is 980. The zero-order valence-corrected chi connectivity index (χ0v) is 15.2. The van der Waals surface area contributed by atoms with Gasteiger partial charge in [-0.15, -0.1) is 0 Å². The van der Waals surface area contributed by atoms with Crippen molar-refractivity contribution in [2.45, 2.75) is 26.4 Å². The molecular weight excluding hydrogens is 345 g/mol. The van der Waals surface area contributed by atoms with Crippen molar-refractivity contribution in [2.75, 3.05) is 13.1 Å². The van der Waals surface area contributed by atoms with Gasteiger partial charge in [0.1, 0.15) is 11.9 Å². The predicted octanol–water partition coefficient (Wildman–Crippen LogP) is 3.33. The molecule has 0 aliphatic carbocycles. The highest BCUT2D eigenvalue weighted by atomic mass is 19.1. The van der Waals surface area contributed by atoms with Crippen LogP contribution in [0.4, 0.5) is 4.39 Å². The first-order valence-electron chi connectivity index (χ1n) is 8.89. The Balaban J connectivity index is 1.64. The number of nitrogens with one attached hydrogen (secondary N) is 1. The van der Waals surface area contributed by atoms with Crippen LogP contribution in [-0.2, 0) is 0 Å². The third kappa shape index (κ3) is 3.45. The van der Waals surface area contributed by atoms with Gasteiger partial charge < -0.3 is 9.88 Å². The van der Waals surface area contributed by atoms with Gasteiger partial charge in [0.05, 0.1) is 17.8 Å². The Morgan fingerprint density at radius 3 is 2.81 bits per heavy atom. The Kier molecular flexibility index (Phi) is 4.43. The van der Waals surface area contributed by atoms with Crippen LogP contribution in [0.15, 0.2) is 36.8 Å². The predicted molar refractivity (Wildman–Crippen MR) is 99.9 cm³/mol. The van der Waals surface area contributed by atoms with E-state index in [0.717, 1.165) is 28.2 Å². The van der Waals surface area contributed by atoms with Crippen molar-refractivity contribution in [1.29, 1.82) is 0 Å². The Labute approximate surface area is 156 Å². The number of hydrogen-bond donors (Lipinski definition) is 1. The number of halogens is 1. The Morgan fingerprint density at radius 1 is 1.26 bits per heavy atom. The smallest absolute Gasteiger partial charge is 0.255 e. The van der Waals surface area contributed by atoms with Crippen LogP contribution < -0.4 is 0 Å². The molecule has 1 amide bonds. The standard InChI is InChI=1S/C20H20FN5O/c1-12-13(2)25-19(24-12)18-8-14(3-5-23-18)15-7-16(10-22-9-15)20(27)26-6-4-17(21)11-26/h3,5,7-10,17H,4,6,11H2,1-2H3,(H,24,25)/t17-/m1/s1. The Morgan fingerprint density at radius 2 is 2.11 bits per heavy atom. The van der Waals surface area contributed by atoms with E-state index in [1.54, 1.807) is 18.5 Å². The normalized spacial score (nSPS) is 16.7. The minimum Gasteiger partial charge on any atom is -0.341 e. The van der Waals surface area contributed by atoms with Gasteiger partial charge in [-0.25, -0.2) is 9.37 Å². The Hall–Kier alpha value is -3.09. The molecular formula is C20H20FN5O. The molecule has 0 radical (unpaired) electrons. The average molecular weight is 365 g/mol. The molecule has 0 bridgehead atoms. The average Bonchev–Trinajstić information content (AvgIpc) is 3.27. The number of imidazole rings is 1. The molecule has 0 unspecified atom stereocenters. The highest BCUT2D eigenvalue weighted by Crippen LogP contribution is 2.25. The van der Waals surface area contributed by atoms with Gasteiger partial charge >= 0.3 is 0 Å². The molecule has 1 atom stereocenters. The van der Waals surface area contributed by atoms with Crippen molar-refractivity contribution in [3.8, 4) is 22.6 Å². The molecule has 1 aliphatic heterocycles. The van der Waals surface area contributed by atoms with E-state index in [4.69, 9.17) is 0 Å². The van der Waals surface area contributed by atoms with Crippen molar-refractivity contribution in [2.24, 2.45) is 0 Å². The molecule has 3 aromatic heterocycles. The van der Waals surface area contributed by atoms with Crippen molar-refractivity contribution < 1.29 is 9.18 Å². The number of rotatable bonds is 3. The van der Waals surface area contributed by atoms with E-state index >= 15 is 0 Å². The molecule has 6 nitrogen and oxygen atoms in total. The van der Waals surface area contributed by atoms with E-state index in [1.165, 1.54) is 11.1 Å². The highest BCUT2D eigenvalue weighted by Gasteiger charge is 2.26. The van der Waals surface area contributed by atoms with Crippen LogP contribution in [0.5, 0.6) is 0 Å². The van der Waals surface area contributed by atoms with Gasteiger partial charge in [0.15, 0.2) is 5.82 Å². The maximum atomic E-state index is 13.4. The van der Waals surface area contributed by atoms with E-state index in [2.05, 4.69) is 19.9 Å². The van der Waals surface area contributed by atoms with E-state index in [-0.39, 0.29) is 12.5 Å². The van der Waals surface area contributed by atoms with Crippen LogP contribution in [0.1, 0.15) is 28.2 Å². The summed E-state index contributed by atoms with van der Waals surface area (Å²) in [5.74, 6) is 0.522. The summed E-state index contributed by atoms with van der Waals surface area (Å²) in [6, 6.07) is 5.57. The molecule has 1 aliphatic rings. The summed E-state index contributed by atoms with van der Waals surface area (Å²) in [4.78, 5) is 30.4. The van der Waals surface area contributed by atoms with Crippen LogP contribution in [0.25, 0.3) is 22.6 Å². The summed E-state index contributed by atoms with van der Waals surface area (Å²) in [6.45, 7) is 4.51. The third-order valence-corrected chi connectivity index (χ3v) is 4.87. The quantitative estimate of drug-likeness (QED) is 0.772. The lowest BCUT2D eigenvalue weighted by Gasteiger charge is -2.15. The van der Waals surface area contributed by atoms with Crippen LogP contribution in [0, 0.1) is 13.8 Å². The van der Waals surface area contributed by atoms with Crippen LogP contribution >= 0.6 is 0 Å². The number of aromatic amines is 1. The van der Waals surface area contributed by atoms with E-state index in [1.807, 2.05) is 26.0 Å². The second kappa shape index (κ2) is 6.90. The monoisotopic (exact) mass is 365 g/mol. The number of pyridine rings is 2. The molecule has 4 heterocycles. The molecule has 1 fully saturated rings. The number of likely N-dealkylation sites (tertiary alicyclic amines) is 1. The van der Waals surface area contributed by atoms with Crippen molar-refractivity contribution in [3.05, 3.63) is 53.7 Å². The number of hydrogen-bond acceptors (Lipinski definition) is 4. The summed E-state index contributed by atoms with van der Waals surface area (Å²) < 4.78 is 13.4.